The molecule has 0 aromatic heterocycles. The number of carbonyl (C=O) groups excluding carboxylic acids is 1. The van der Waals surface area contributed by atoms with Crippen molar-refractivity contribution in [1.82, 2.24) is 0 Å². The van der Waals surface area contributed by atoms with Crippen LogP contribution >= 0.6 is 34.2 Å². The fourth-order valence-electron chi connectivity index (χ4n) is 3.06. The van der Waals surface area contributed by atoms with Gasteiger partial charge < -0.3 is 4.74 Å². The molecule has 1 heterocycles. The van der Waals surface area contributed by atoms with Gasteiger partial charge in [-0.1, -0.05) is 17.7 Å². The van der Waals surface area contributed by atoms with Gasteiger partial charge in [-0.05, 0) is 66.8 Å². The zero-order chi connectivity index (χ0) is 13.5. The number of benzene rings is 1. The van der Waals surface area contributed by atoms with Crippen LogP contribution < -0.4 is 0 Å². The molecule has 19 heavy (non-hydrogen) atoms. The van der Waals surface area contributed by atoms with Crippen molar-refractivity contribution in [2.45, 2.75) is 37.7 Å². The van der Waals surface area contributed by atoms with E-state index in [9.17, 15) is 4.79 Å². The second kappa shape index (κ2) is 5.34. The maximum atomic E-state index is 12.6. The Morgan fingerprint density at radius 3 is 2.84 bits per heavy atom. The second-order valence-electron chi connectivity index (χ2n) is 5.57. The highest BCUT2D eigenvalue weighted by atomic mass is 127. The van der Waals surface area contributed by atoms with Crippen molar-refractivity contribution < 1.29 is 9.53 Å². The Balaban J connectivity index is 1.77. The molecular formula is C15H16ClIO2. The molecule has 0 N–H and O–H groups in total. The third-order valence-electron chi connectivity index (χ3n) is 4.33. The number of Topliss-reactive ketones (excluding diaryl/α,β-unsaturated/α-hetero) is 1. The zero-order valence-corrected chi connectivity index (χ0v) is 13.5. The number of ketones is 1. The van der Waals surface area contributed by atoms with Crippen LogP contribution in [-0.2, 0) is 4.74 Å². The van der Waals surface area contributed by atoms with Crippen molar-refractivity contribution in [2.75, 3.05) is 6.61 Å². The monoisotopic (exact) mass is 390 g/mol. The molecule has 1 saturated carbocycles. The summed E-state index contributed by atoms with van der Waals surface area (Å²) in [6, 6.07) is 5.60. The fraction of sp³-hybridized carbons (Fsp3) is 0.533. The van der Waals surface area contributed by atoms with Crippen LogP contribution in [0.4, 0.5) is 0 Å². The molecule has 0 radical (unpaired) electrons. The van der Waals surface area contributed by atoms with Gasteiger partial charge in [0.05, 0.1) is 10.6 Å². The van der Waals surface area contributed by atoms with Crippen molar-refractivity contribution in [3.05, 3.63) is 32.4 Å². The number of rotatable bonds is 2. The lowest BCUT2D eigenvalue weighted by Crippen LogP contribution is -2.47. The molecule has 1 unspecified atom stereocenters. The van der Waals surface area contributed by atoms with Gasteiger partial charge in [-0.2, -0.15) is 0 Å². The first kappa shape index (κ1) is 13.8. The van der Waals surface area contributed by atoms with E-state index in [-0.39, 0.29) is 17.3 Å². The van der Waals surface area contributed by atoms with E-state index < -0.39 is 0 Å². The molecule has 2 aliphatic rings. The summed E-state index contributed by atoms with van der Waals surface area (Å²) in [5.74, 6) is 0.332. The molecule has 1 aromatic rings. The van der Waals surface area contributed by atoms with Crippen LogP contribution in [0.1, 0.15) is 42.5 Å². The predicted molar refractivity (Wildman–Crippen MR) is 83.8 cm³/mol. The summed E-state index contributed by atoms with van der Waals surface area (Å²) in [6.45, 7) is 0.717. The van der Waals surface area contributed by atoms with Crippen LogP contribution in [0.15, 0.2) is 18.2 Å². The Morgan fingerprint density at radius 1 is 1.42 bits per heavy atom. The quantitative estimate of drug-likeness (QED) is 0.550. The van der Waals surface area contributed by atoms with Crippen molar-refractivity contribution in [3.63, 3.8) is 0 Å². The van der Waals surface area contributed by atoms with E-state index in [0.717, 1.165) is 34.8 Å². The number of hydrogen-bond donors (Lipinski definition) is 0. The lowest BCUT2D eigenvalue weighted by Gasteiger charge is -2.46. The minimum absolute atomic E-state index is 0.0194. The first-order valence-corrected chi connectivity index (χ1v) is 8.19. The maximum Gasteiger partial charge on any atom is 0.166 e. The molecule has 102 valence electrons. The summed E-state index contributed by atoms with van der Waals surface area (Å²) in [5, 5.41) is 0.664. The molecular weight excluding hydrogens is 375 g/mol. The van der Waals surface area contributed by atoms with E-state index in [2.05, 4.69) is 22.6 Å². The minimum Gasteiger partial charge on any atom is -0.375 e. The molecule has 0 amide bonds. The maximum absolute atomic E-state index is 12.6. The van der Waals surface area contributed by atoms with Crippen LogP contribution in [0, 0.1) is 9.49 Å². The Kier molecular flexibility index (Phi) is 3.89. The largest absolute Gasteiger partial charge is 0.375 e. The van der Waals surface area contributed by atoms with E-state index >= 15 is 0 Å². The highest BCUT2D eigenvalue weighted by Crippen LogP contribution is 2.45. The molecule has 4 heteroatoms. The minimum atomic E-state index is 0.0194. The zero-order valence-electron chi connectivity index (χ0n) is 10.6. The number of ether oxygens (including phenoxy) is 1. The number of carbonyl (C=O) groups is 1. The predicted octanol–water partition coefficient (Wildman–Crippen LogP) is 4.48. The standard InChI is InChI=1S/C15H16ClIO2/c16-12-8-10(2-3-13(12)17)14(18)11-4-7-19-15(9-11)5-1-6-15/h2-3,8,11H,1,4-7,9H2. The SMILES string of the molecule is O=C(c1ccc(I)c(Cl)c1)C1CCOC2(CCC2)C1. The van der Waals surface area contributed by atoms with E-state index in [4.69, 9.17) is 16.3 Å². The first-order valence-electron chi connectivity index (χ1n) is 6.73. The summed E-state index contributed by atoms with van der Waals surface area (Å²) in [5.41, 5.74) is 0.762. The van der Waals surface area contributed by atoms with Crippen LogP contribution in [0.3, 0.4) is 0 Å². The lowest BCUT2D eigenvalue weighted by atomic mass is 9.70. The normalized spacial score (nSPS) is 25.1. The topological polar surface area (TPSA) is 26.3 Å². The highest BCUT2D eigenvalue weighted by Gasteiger charge is 2.44. The Bertz CT molecular complexity index is 511. The molecule has 1 spiro atoms. The van der Waals surface area contributed by atoms with Crippen LogP contribution in [0.5, 0.6) is 0 Å². The van der Waals surface area contributed by atoms with Gasteiger partial charge in [-0.15, -0.1) is 0 Å². The summed E-state index contributed by atoms with van der Waals surface area (Å²) in [7, 11) is 0. The number of halogens is 2. The van der Waals surface area contributed by atoms with Gasteiger partial charge in [-0.25, -0.2) is 0 Å². The molecule has 2 nitrogen and oxygen atoms in total. The van der Waals surface area contributed by atoms with Gasteiger partial charge in [0.2, 0.25) is 0 Å². The van der Waals surface area contributed by atoms with E-state index in [1.54, 1.807) is 6.07 Å². The van der Waals surface area contributed by atoms with Crippen molar-refractivity contribution in [3.8, 4) is 0 Å². The summed E-state index contributed by atoms with van der Waals surface area (Å²) >= 11 is 8.28. The molecule has 1 atom stereocenters. The van der Waals surface area contributed by atoms with Crippen molar-refractivity contribution in [2.24, 2.45) is 5.92 Å². The first-order chi connectivity index (χ1) is 9.10. The van der Waals surface area contributed by atoms with Crippen LogP contribution in [-0.4, -0.2) is 18.0 Å². The third-order valence-corrected chi connectivity index (χ3v) is 5.90. The second-order valence-corrected chi connectivity index (χ2v) is 7.14. The Morgan fingerprint density at radius 2 is 2.21 bits per heavy atom. The lowest BCUT2D eigenvalue weighted by molar-refractivity contribution is -0.137. The van der Waals surface area contributed by atoms with Crippen LogP contribution in [0.25, 0.3) is 0 Å². The van der Waals surface area contributed by atoms with Gasteiger partial charge in [0.15, 0.2) is 5.78 Å². The van der Waals surface area contributed by atoms with Gasteiger partial charge in [0.25, 0.3) is 0 Å². The van der Waals surface area contributed by atoms with Crippen LogP contribution in [0.2, 0.25) is 5.02 Å². The van der Waals surface area contributed by atoms with Gasteiger partial charge in [-0.3, -0.25) is 4.79 Å². The Hall–Kier alpha value is -0.130. The third kappa shape index (κ3) is 2.69. The molecule has 0 bridgehead atoms. The number of hydrogen-bond acceptors (Lipinski definition) is 2. The van der Waals surface area contributed by atoms with E-state index in [1.807, 2.05) is 12.1 Å². The average molecular weight is 391 g/mol. The van der Waals surface area contributed by atoms with Gasteiger partial charge in [0.1, 0.15) is 0 Å². The van der Waals surface area contributed by atoms with Crippen molar-refractivity contribution >= 4 is 40.0 Å². The summed E-state index contributed by atoms with van der Waals surface area (Å²) in [4.78, 5) is 12.6. The van der Waals surface area contributed by atoms with Gasteiger partial charge >= 0.3 is 0 Å². The molecule has 1 saturated heterocycles. The summed E-state index contributed by atoms with van der Waals surface area (Å²) < 4.78 is 6.87. The molecule has 1 aliphatic heterocycles. The molecule has 1 aliphatic carbocycles. The summed E-state index contributed by atoms with van der Waals surface area (Å²) in [6.07, 6.45) is 5.18. The fourth-order valence-corrected chi connectivity index (χ4v) is 3.57. The smallest absolute Gasteiger partial charge is 0.166 e. The molecule has 3 rings (SSSR count). The van der Waals surface area contributed by atoms with E-state index in [1.165, 1.54) is 6.42 Å². The van der Waals surface area contributed by atoms with E-state index in [0.29, 0.717) is 11.6 Å². The van der Waals surface area contributed by atoms with Gasteiger partial charge in [0, 0.05) is 21.7 Å². The molecule has 2 fully saturated rings. The van der Waals surface area contributed by atoms with Crippen molar-refractivity contribution in [1.29, 1.82) is 0 Å². The average Bonchev–Trinajstić information content (AvgIpc) is 2.39. The highest BCUT2D eigenvalue weighted by molar-refractivity contribution is 14.1. The Labute approximate surface area is 132 Å². The molecule has 1 aromatic carbocycles.